The molecule has 2 aromatic carbocycles. The maximum Gasteiger partial charge on any atom is 0.257 e. The van der Waals surface area contributed by atoms with Gasteiger partial charge in [-0.2, -0.15) is 0 Å². The predicted octanol–water partition coefficient (Wildman–Crippen LogP) is 2.10. The van der Waals surface area contributed by atoms with Gasteiger partial charge in [0.1, 0.15) is 5.75 Å². The zero-order valence-corrected chi connectivity index (χ0v) is 14.8. The second-order valence-corrected chi connectivity index (χ2v) is 6.50. The summed E-state index contributed by atoms with van der Waals surface area (Å²) in [4.78, 5) is 28.5. The van der Waals surface area contributed by atoms with Crippen LogP contribution in [0, 0.1) is 6.92 Å². The lowest BCUT2D eigenvalue weighted by molar-refractivity contribution is -0.117. The zero-order chi connectivity index (χ0) is 18.5. The Hall–Kier alpha value is -2.86. The van der Waals surface area contributed by atoms with Crippen LogP contribution in [0.4, 0.5) is 5.69 Å². The Balaban J connectivity index is 1.51. The van der Waals surface area contributed by atoms with Gasteiger partial charge in [-0.25, -0.2) is 0 Å². The molecule has 2 amide bonds. The second-order valence-electron chi connectivity index (χ2n) is 6.50. The van der Waals surface area contributed by atoms with Crippen molar-refractivity contribution in [3.05, 3.63) is 59.7 Å². The van der Waals surface area contributed by atoms with Crippen LogP contribution in [-0.2, 0) is 4.79 Å². The van der Waals surface area contributed by atoms with E-state index in [2.05, 4.69) is 5.32 Å². The van der Waals surface area contributed by atoms with E-state index in [1.54, 1.807) is 23.1 Å². The third-order valence-electron chi connectivity index (χ3n) is 4.47. The minimum atomic E-state index is -0.167. The van der Waals surface area contributed by atoms with E-state index in [4.69, 9.17) is 0 Å². The SMILES string of the molecule is Cc1ccc(O)c(C(=O)N2CCN(CC(=O)Nc3ccccc3)CC2)c1. The molecule has 1 fully saturated rings. The first kappa shape index (κ1) is 17.9. The molecule has 0 radical (unpaired) electrons. The monoisotopic (exact) mass is 353 g/mol. The van der Waals surface area contributed by atoms with Crippen LogP contribution in [0.3, 0.4) is 0 Å². The summed E-state index contributed by atoms with van der Waals surface area (Å²) in [5, 5.41) is 12.8. The van der Waals surface area contributed by atoms with Crippen molar-refractivity contribution in [2.75, 3.05) is 38.0 Å². The van der Waals surface area contributed by atoms with E-state index in [-0.39, 0.29) is 17.6 Å². The molecule has 6 nitrogen and oxygen atoms in total. The lowest BCUT2D eigenvalue weighted by Crippen LogP contribution is -2.50. The standard InChI is InChI=1S/C20H23N3O3/c1-15-7-8-18(24)17(13-15)20(26)23-11-9-22(10-12-23)14-19(25)21-16-5-3-2-4-6-16/h2-8,13,24H,9-12,14H2,1H3,(H,21,25). The highest BCUT2D eigenvalue weighted by molar-refractivity contribution is 5.97. The highest BCUT2D eigenvalue weighted by Gasteiger charge is 2.24. The lowest BCUT2D eigenvalue weighted by atomic mass is 10.1. The average Bonchev–Trinajstić information content (AvgIpc) is 2.64. The Bertz CT molecular complexity index is 784. The summed E-state index contributed by atoms with van der Waals surface area (Å²) < 4.78 is 0. The van der Waals surface area contributed by atoms with Crippen molar-refractivity contribution < 1.29 is 14.7 Å². The molecule has 2 aromatic rings. The third kappa shape index (κ3) is 4.40. The Labute approximate surface area is 153 Å². The van der Waals surface area contributed by atoms with Crippen molar-refractivity contribution in [2.24, 2.45) is 0 Å². The van der Waals surface area contributed by atoms with Crippen LogP contribution in [-0.4, -0.2) is 59.4 Å². The molecule has 0 unspecified atom stereocenters. The van der Waals surface area contributed by atoms with Crippen LogP contribution < -0.4 is 5.32 Å². The summed E-state index contributed by atoms with van der Waals surface area (Å²) in [6, 6.07) is 14.4. The molecule has 2 N–H and O–H groups in total. The Morgan fingerprint density at radius 1 is 1.04 bits per heavy atom. The molecule has 6 heteroatoms. The summed E-state index contributed by atoms with van der Waals surface area (Å²) >= 11 is 0. The molecule has 1 aliphatic heterocycles. The lowest BCUT2D eigenvalue weighted by Gasteiger charge is -2.34. The number of aryl methyl sites for hydroxylation is 1. The number of piperazine rings is 1. The fraction of sp³-hybridized carbons (Fsp3) is 0.300. The van der Waals surface area contributed by atoms with Crippen LogP contribution in [0.1, 0.15) is 15.9 Å². The third-order valence-corrected chi connectivity index (χ3v) is 4.47. The summed E-state index contributed by atoms with van der Waals surface area (Å²) in [6.07, 6.45) is 0. The number of rotatable bonds is 4. The molecule has 26 heavy (non-hydrogen) atoms. The minimum Gasteiger partial charge on any atom is -0.507 e. The van der Waals surface area contributed by atoms with Gasteiger partial charge in [0.05, 0.1) is 12.1 Å². The van der Waals surface area contributed by atoms with Crippen LogP contribution in [0.2, 0.25) is 0 Å². The van der Waals surface area contributed by atoms with Gasteiger partial charge in [-0.05, 0) is 31.2 Å². The number of para-hydroxylation sites is 1. The van der Waals surface area contributed by atoms with E-state index < -0.39 is 0 Å². The van der Waals surface area contributed by atoms with E-state index >= 15 is 0 Å². The molecule has 0 bridgehead atoms. The number of phenolic OH excluding ortho intramolecular Hbond substituents is 1. The van der Waals surface area contributed by atoms with Gasteiger partial charge in [-0.15, -0.1) is 0 Å². The van der Waals surface area contributed by atoms with Gasteiger partial charge in [-0.3, -0.25) is 14.5 Å². The van der Waals surface area contributed by atoms with Crippen LogP contribution in [0.25, 0.3) is 0 Å². The molecule has 1 aliphatic rings. The predicted molar refractivity (Wildman–Crippen MR) is 100 cm³/mol. The molecule has 1 heterocycles. The summed E-state index contributed by atoms with van der Waals surface area (Å²) in [5.74, 6) is -0.225. The Morgan fingerprint density at radius 2 is 1.73 bits per heavy atom. The highest BCUT2D eigenvalue weighted by atomic mass is 16.3. The number of amides is 2. The first-order chi connectivity index (χ1) is 12.5. The topological polar surface area (TPSA) is 72.9 Å². The summed E-state index contributed by atoms with van der Waals surface area (Å²) in [7, 11) is 0. The van der Waals surface area contributed by atoms with Crippen LogP contribution >= 0.6 is 0 Å². The van der Waals surface area contributed by atoms with Crippen LogP contribution in [0.5, 0.6) is 5.75 Å². The van der Waals surface area contributed by atoms with Crippen molar-refractivity contribution in [2.45, 2.75) is 6.92 Å². The van der Waals surface area contributed by atoms with Gasteiger partial charge in [0.2, 0.25) is 5.91 Å². The van der Waals surface area contributed by atoms with Crippen molar-refractivity contribution in [3.8, 4) is 5.75 Å². The fourth-order valence-corrected chi connectivity index (χ4v) is 3.03. The van der Waals surface area contributed by atoms with Gasteiger partial charge in [0.15, 0.2) is 0 Å². The molecule has 1 saturated heterocycles. The molecule has 0 aromatic heterocycles. The van der Waals surface area contributed by atoms with E-state index in [1.807, 2.05) is 42.2 Å². The maximum atomic E-state index is 12.6. The number of nitrogens with one attached hydrogen (secondary N) is 1. The van der Waals surface area contributed by atoms with Gasteiger partial charge >= 0.3 is 0 Å². The molecule has 3 rings (SSSR count). The number of nitrogens with zero attached hydrogens (tertiary/aromatic N) is 2. The number of anilines is 1. The minimum absolute atomic E-state index is 0.00488. The molecule has 0 atom stereocenters. The largest absolute Gasteiger partial charge is 0.507 e. The van der Waals surface area contributed by atoms with Crippen molar-refractivity contribution in [1.29, 1.82) is 0 Å². The number of carbonyl (C=O) groups is 2. The molecular formula is C20H23N3O3. The summed E-state index contributed by atoms with van der Waals surface area (Å²) in [6.45, 7) is 4.50. The second kappa shape index (κ2) is 8.01. The maximum absolute atomic E-state index is 12.6. The normalized spacial score (nSPS) is 14.9. The van der Waals surface area contributed by atoms with E-state index in [0.717, 1.165) is 11.3 Å². The van der Waals surface area contributed by atoms with E-state index in [1.165, 1.54) is 0 Å². The first-order valence-electron chi connectivity index (χ1n) is 8.69. The van der Waals surface area contributed by atoms with E-state index in [9.17, 15) is 14.7 Å². The quantitative estimate of drug-likeness (QED) is 0.883. The number of benzene rings is 2. The number of hydrogen-bond acceptors (Lipinski definition) is 4. The Morgan fingerprint density at radius 3 is 2.42 bits per heavy atom. The van der Waals surface area contributed by atoms with Crippen molar-refractivity contribution in [1.82, 2.24) is 9.80 Å². The van der Waals surface area contributed by atoms with Gasteiger partial charge in [0.25, 0.3) is 5.91 Å². The molecular weight excluding hydrogens is 330 g/mol. The molecule has 136 valence electrons. The number of phenols is 1. The fourth-order valence-electron chi connectivity index (χ4n) is 3.03. The van der Waals surface area contributed by atoms with Crippen molar-refractivity contribution >= 4 is 17.5 Å². The van der Waals surface area contributed by atoms with E-state index in [0.29, 0.717) is 38.3 Å². The van der Waals surface area contributed by atoms with Crippen LogP contribution in [0.15, 0.2) is 48.5 Å². The number of hydrogen-bond donors (Lipinski definition) is 2. The summed E-state index contributed by atoms with van der Waals surface area (Å²) in [5.41, 5.74) is 2.05. The smallest absolute Gasteiger partial charge is 0.257 e. The molecule has 0 aliphatic carbocycles. The van der Waals surface area contributed by atoms with Gasteiger partial charge in [0, 0.05) is 31.9 Å². The molecule has 0 saturated carbocycles. The molecule has 0 spiro atoms. The first-order valence-corrected chi connectivity index (χ1v) is 8.69. The number of aromatic hydroxyl groups is 1. The van der Waals surface area contributed by atoms with Crippen molar-refractivity contribution in [3.63, 3.8) is 0 Å². The van der Waals surface area contributed by atoms with Gasteiger partial charge in [-0.1, -0.05) is 29.8 Å². The zero-order valence-electron chi connectivity index (χ0n) is 14.8. The highest BCUT2D eigenvalue weighted by Crippen LogP contribution is 2.20. The average molecular weight is 353 g/mol. The van der Waals surface area contributed by atoms with Gasteiger partial charge < -0.3 is 15.3 Å². The number of carbonyl (C=O) groups excluding carboxylic acids is 2. The Kier molecular flexibility index (Phi) is 5.53.